The molecule has 0 aliphatic rings. The Morgan fingerprint density at radius 2 is 0.733 bits per heavy atom. The van der Waals surface area contributed by atoms with E-state index in [1.807, 2.05) is 0 Å². The zero-order chi connectivity index (χ0) is 22.0. The van der Waals surface area contributed by atoms with Gasteiger partial charge in [0, 0.05) is 13.0 Å². The molecule has 0 saturated carbocycles. The van der Waals surface area contributed by atoms with Gasteiger partial charge in [0.2, 0.25) is 5.91 Å². The third-order valence-corrected chi connectivity index (χ3v) is 6.36. The minimum Gasteiger partial charge on any atom is -0.356 e. The molecule has 2 heteroatoms. The van der Waals surface area contributed by atoms with Gasteiger partial charge in [-0.25, -0.2) is 0 Å². The summed E-state index contributed by atoms with van der Waals surface area (Å²) in [7, 11) is 0. The van der Waals surface area contributed by atoms with Gasteiger partial charge < -0.3 is 5.32 Å². The van der Waals surface area contributed by atoms with Gasteiger partial charge in [0.05, 0.1) is 0 Å². The van der Waals surface area contributed by atoms with Crippen LogP contribution in [0.3, 0.4) is 0 Å². The third-order valence-electron chi connectivity index (χ3n) is 6.36. The Labute approximate surface area is 190 Å². The highest BCUT2D eigenvalue weighted by atomic mass is 16.1. The predicted octanol–water partition coefficient (Wildman–Crippen LogP) is 9.50. The van der Waals surface area contributed by atoms with Crippen molar-refractivity contribution in [2.75, 3.05) is 6.54 Å². The van der Waals surface area contributed by atoms with Crippen molar-refractivity contribution >= 4 is 5.91 Å². The van der Waals surface area contributed by atoms with Crippen molar-refractivity contribution in [1.29, 1.82) is 0 Å². The van der Waals surface area contributed by atoms with Gasteiger partial charge in [-0.1, -0.05) is 149 Å². The van der Waals surface area contributed by atoms with Crippen LogP contribution in [0.4, 0.5) is 0 Å². The molecule has 0 aliphatic carbocycles. The number of rotatable bonds is 25. The summed E-state index contributed by atoms with van der Waals surface area (Å²) in [6.07, 6.45) is 32.0. The molecule has 0 aliphatic heterocycles. The van der Waals surface area contributed by atoms with Gasteiger partial charge in [0.25, 0.3) is 0 Å². The third kappa shape index (κ3) is 25.5. The van der Waals surface area contributed by atoms with Crippen LogP contribution in [0.2, 0.25) is 0 Å². The minimum atomic E-state index is 0.271. The quantitative estimate of drug-likeness (QED) is 0.145. The van der Waals surface area contributed by atoms with E-state index in [0.717, 1.165) is 25.8 Å². The molecule has 180 valence electrons. The Hall–Kier alpha value is -0.530. The Balaban J connectivity index is 3.12. The van der Waals surface area contributed by atoms with Crippen LogP contribution < -0.4 is 5.32 Å². The number of unbranched alkanes of at least 4 members (excludes halogenated alkanes) is 21. The standard InChI is InChI=1S/C28H57NO/c1-3-5-7-9-11-13-14-15-16-17-18-19-20-22-24-26-28(30)29-27-25-23-21-12-10-8-6-4-2/h3-27H2,1-2H3,(H,29,30). The number of carbonyl (C=O) groups excluding carboxylic acids is 1. The fraction of sp³-hybridized carbons (Fsp3) is 0.964. The maximum atomic E-state index is 11.9. The van der Waals surface area contributed by atoms with E-state index in [-0.39, 0.29) is 5.91 Å². The van der Waals surface area contributed by atoms with Gasteiger partial charge in [0.15, 0.2) is 0 Å². The van der Waals surface area contributed by atoms with Crippen LogP contribution in [0.1, 0.15) is 168 Å². The monoisotopic (exact) mass is 423 g/mol. The largest absolute Gasteiger partial charge is 0.356 e. The fourth-order valence-electron chi connectivity index (χ4n) is 4.23. The van der Waals surface area contributed by atoms with Crippen LogP contribution in [0.25, 0.3) is 0 Å². The predicted molar refractivity (Wildman–Crippen MR) is 135 cm³/mol. The van der Waals surface area contributed by atoms with E-state index >= 15 is 0 Å². The lowest BCUT2D eigenvalue weighted by molar-refractivity contribution is -0.121. The first kappa shape index (κ1) is 29.5. The first-order valence-corrected chi connectivity index (χ1v) is 14.1. The molecule has 2 nitrogen and oxygen atoms in total. The molecule has 30 heavy (non-hydrogen) atoms. The molecule has 0 radical (unpaired) electrons. The Morgan fingerprint density at radius 1 is 0.433 bits per heavy atom. The molecule has 0 fully saturated rings. The van der Waals surface area contributed by atoms with Crippen LogP contribution in [0.15, 0.2) is 0 Å². The van der Waals surface area contributed by atoms with Crippen molar-refractivity contribution in [1.82, 2.24) is 5.32 Å². The molecule has 0 aromatic carbocycles. The second-order valence-corrected chi connectivity index (χ2v) is 9.52. The zero-order valence-electron chi connectivity index (χ0n) is 21.1. The average Bonchev–Trinajstić information content (AvgIpc) is 2.75. The van der Waals surface area contributed by atoms with E-state index in [1.54, 1.807) is 0 Å². The number of hydrogen-bond donors (Lipinski definition) is 1. The molecule has 0 saturated heterocycles. The second-order valence-electron chi connectivity index (χ2n) is 9.52. The molecule has 0 rings (SSSR count). The number of nitrogens with one attached hydrogen (secondary N) is 1. The number of hydrogen-bond acceptors (Lipinski definition) is 1. The van der Waals surface area contributed by atoms with Crippen molar-refractivity contribution in [3.63, 3.8) is 0 Å². The van der Waals surface area contributed by atoms with Gasteiger partial charge in [0.1, 0.15) is 0 Å². The summed E-state index contributed by atoms with van der Waals surface area (Å²) >= 11 is 0. The highest BCUT2D eigenvalue weighted by Gasteiger charge is 2.01. The molecular weight excluding hydrogens is 366 g/mol. The Kier molecular flexibility index (Phi) is 26.0. The molecule has 1 amide bonds. The summed E-state index contributed by atoms with van der Waals surface area (Å²) in [6, 6.07) is 0. The SMILES string of the molecule is CCCCCCCCCCCCCCCCCC(=O)NCCCCCCCCCC. The van der Waals surface area contributed by atoms with E-state index in [4.69, 9.17) is 0 Å². The van der Waals surface area contributed by atoms with E-state index < -0.39 is 0 Å². The molecule has 0 aromatic rings. The van der Waals surface area contributed by atoms with Gasteiger partial charge in [-0.2, -0.15) is 0 Å². The van der Waals surface area contributed by atoms with Crippen molar-refractivity contribution in [2.45, 2.75) is 168 Å². The summed E-state index contributed by atoms with van der Waals surface area (Å²) in [5.74, 6) is 0.271. The molecule has 0 heterocycles. The van der Waals surface area contributed by atoms with E-state index in [1.165, 1.54) is 135 Å². The van der Waals surface area contributed by atoms with Crippen LogP contribution >= 0.6 is 0 Å². The van der Waals surface area contributed by atoms with Crippen LogP contribution in [-0.4, -0.2) is 12.5 Å². The Bertz CT molecular complexity index is 329. The van der Waals surface area contributed by atoms with E-state index in [0.29, 0.717) is 0 Å². The zero-order valence-corrected chi connectivity index (χ0v) is 21.1. The molecular formula is C28H57NO. The van der Waals surface area contributed by atoms with Crippen LogP contribution in [0, 0.1) is 0 Å². The minimum absolute atomic E-state index is 0.271. The first-order chi connectivity index (χ1) is 14.8. The molecule has 0 atom stereocenters. The molecule has 0 spiro atoms. The number of amides is 1. The molecule has 0 aromatic heterocycles. The topological polar surface area (TPSA) is 29.1 Å². The summed E-state index contributed by atoms with van der Waals surface area (Å²) in [5, 5.41) is 3.10. The fourth-order valence-corrected chi connectivity index (χ4v) is 4.23. The van der Waals surface area contributed by atoms with Crippen molar-refractivity contribution < 1.29 is 4.79 Å². The Morgan fingerprint density at radius 3 is 1.10 bits per heavy atom. The average molecular weight is 424 g/mol. The summed E-state index contributed by atoms with van der Waals surface area (Å²) in [5.41, 5.74) is 0. The van der Waals surface area contributed by atoms with Crippen molar-refractivity contribution in [2.24, 2.45) is 0 Å². The van der Waals surface area contributed by atoms with Gasteiger partial charge in [-0.05, 0) is 12.8 Å². The first-order valence-electron chi connectivity index (χ1n) is 14.1. The maximum Gasteiger partial charge on any atom is 0.219 e. The second kappa shape index (κ2) is 26.5. The van der Waals surface area contributed by atoms with Gasteiger partial charge in [-0.15, -0.1) is 0 Å². The lowest BCUT2D eigenvalue weighted by Crippen LogP contribution is -2.23. The van der Waals surface area contributed by atoms with Gasteiger partial charge in [-0.3, -0.25) is 4.79 Å². The normalized spacial score (nSPS) is 11.1. The van der Waals surface area contributed by atoms with E-state index in [2.05, 4.69) is 19.2 Å². The molecule has 0 bridgehead atoms. The maximum absolute atomic E-state index is 11.9. The van der Waals surface area contributed by atoms with Crippen LogP contribution in [0.5, 0.6) is 0 Å². The van der Waals surface area contributed by atoms with Crippen molar-refractivity contribution in [3.8, 4) is 0 Å². The van der Waals surface area contributed by atoms with Crippen molar-refractivity contribution in [3.05, 3.63) is 0 Å². The van der Waals surface area contributed by atoms with E-state index in [9.17, 15) is 4.79 Å². The summed E-state index contributed by atoms with van der Waals surface area (Å²) < 4.78 is 0. The summed E-state index contributed by atoms with van der Waals surface area (Å²) in [6.45, 7) is 5.44. The van der Waals surface area contributed by atoms with Crippen LogP contribution in [-0.2, 0) is 4.79 Å². The highest BCUT2D eigenvalue weighted by Crippen LogP contribution is 2.13. The summed E-state index contributed by atoms with van der Waals surface area (Å²) in [4.78, 5) is 11.9. The lowest BCUT2D eigenvalue weighted by Gasteiger charge is -2.06. The smallest absolute Gasteiger partial charge is 0.219 e. The highest BCUT2D eigenvalue weighted by molar-refractivity contribution is 5.75. The lowest BCUT2D eigenvalue weighted by atomic mass is 10.0. The molecule has 1 N–H and O–H groups in total. The molecule has 0 unspecified atom stereocenters. The number of carbonyl (C=O) groups is 1. The van der Waals surface area contributed by atoms with Gasteiger partial charge >= 0.3 is 0 Å².